The molecule has 0 amide bonds. The van der Waals surface area contributed by atoms with E-state index < -0.39 is 12.1 Å². The number of carbonyl (C=O) groups excluding carboxylic acids is 2. The molecule has 1 aromatic rings. The van der Waals surface area contributed by atoms with E-state index in [1.807, 2.05) is 30.3 Å². The molecule has 0 saturated carbocycles. The van der Waals surface area contributed by atoms with E-state index in [1.165, 1.54) is 0 Å². The van der Waals surface area contributed by atoms with Crippen molar-refractivity contribution in [3.8, 4) is 0 Å². The van der Waals surface area contributed by atoms with Crippen LogP contribution in [0.1, 0.15) is 67.4 Å². The molecule has 1 aromatic carbocycles. The van der Waals surface area contributed by atoms with Crippen LogP contribution in [-0.2, 0) is 30.4 Å². The van der Waals surface area contributed by atoms with E-state index in [4.69, 9.17) is 14.2 Å². The minimum absolute atomic E-state index is 0.0344. The van der Waals surface area contributed by atoms with Gasteiger partial charge < -0.3 is 14.2 Å². The third kappa shape index (κ3) is 11.5. The van der Waals surface area contributed by atoms with Gasteiger partial charge in [-0.15, -0.1) is 0 Å². The minimum Gasteiger partial charge on any atom is -0.458 e. The van der Waals surface area contributed by atoms with Crippen molar-refractivity contribution >= 4 is 11.9 Å². The Balaban J connectivity index is 2.78. The third-order valence-corrected chi connectivity index (χ3v) is 5.86. The lowest BCUT2D eigenvalue weighted by Gasteiger charge is -2.25. The maximum Gasteiger partial charge on any atom is 0.330 e. The van der Waals surface area contributed by atoms with Gasteiger partial charge in [0.2, 0.25) is 0 Å². The molecule has 0 spiro atoms. The smallest absolute Gasteiger partial charge is 0.330 e. The zero-order valence-corrected chi connectivity index (χ0v) is 21.8. The summed E-state index contributed by atoms with van der Waals surface area (Å²) in [6.07, 6.45) is 1.25. The average Bonchev–Trinajstić information content (AvgIpc) is 2.73. The Morgan fingerprint density at radius 1 is 0.848 bits per heavy atom. The molecule has 0 N–H and O–H groups in total. The van der Waals surface area contributed by atoms with Gasteiger partial charge in [-0.1, -0.05) is 91.3 Å². The second-order valence-corrected chi connectivity index (χ2v) is 10.1. The quantitative estimate of drug-likeness (QED) is 0.244. The van der Waals surface area contributed by atoms with Crippen LogP contribution < -0.4 is 0 Å². The number of benzene rings is 1. The van der Waals surface area contributed by atoms with Gasteiger partial charge in [0.15, 0.2) is 6.10 Å². The number of hydrogen-bond acceptors (Lipinski definition) is 5. The van der Waals surface area contributed by atoms with E-state index in [0.717, 1.165) is 11.1 Å². The largest absolute Gasteiger partial charge is 0.458 e. The predicted molar refractivity (Wildman–Crippen MR) is 132 cm³/mol. The maximum absolute atomic E-state index is 12.7. The maximum atomic E-state index is 12.7. The van der Waals surface area contributed by atoms with Crippen molar-refractivity contribution in [1.29, 1.82) is 0 Å². The van der Waals surface area contributed by atoms with Crippen LogP contribution in [-0.4, -0.2) is 31.3 Å². The van der Waals surface area contributed by atoms with E-state index in [9.17, 15) is 9.59 Å². The van der Waals surface area contributed by atoms with Crippen LogP contribution in [0.4, 0.5) is 0 Å². The van der Waals surface area contributed by atoms with Crippen LogP contribution >= 0.6 is 0 Å². The van der Waals surface area contributed by atoms with Crippen molar-refractivity contribution in [2.75, 3.05) is 13.2 Å². The van der Waals surface area contributed by atoms with Gasteiger partial charge in [-0.05, 0) is 35.2 Å². The topological polar surface area (TPSA) is 61.8 Å². The van der Waals surface area contributed by atoms with Gasteiger partial charge in [-0.2, -0.15) is 0 Å². The minimum atomic E-state index is -0.653. The van der Waals surface area contributed by atoms with Crippen molar-refractivity contribution < 1.29 is 23.8 Å². The summed E-state index contributed by atoms with van der Waals surface area (Å²) in [4.78, 5) is 25.1. The van der Waals surface area contributed by atoms with E-state index in [0.29, 0.717) is 24.9 Å². The standard InChI is InChI=1S/C28H44O5/c1-19(2)25(20(3)4)14-27(29)32-18-24(17-31-16-23-12-10-9-11-13-23)33-28(30)15-26(21(5)6)22(7)8/h9-14,19-22,24,26H,15-18H2,1-8H3/t24-/m0/s1. The van der Waals surface area contributed by atoms with Crippen LogP contribution in [0.3, 0.4) is 0 Å². The number of carbonyl (C=O) groups is 2. The lowest BCUT2D eigenvalue weighted by Crippen LogP contribution is -2.31. The highest BCUT2D eigenvalue weighted by Crippen LogP contribution is 2.25. The van der Waals surface area contributed by atoms with Gasteiger partial charge in [-0.3, -0.25) is 4.79 Å². The molecule has 186 valence electrons. The molecule has 0 unspecified atom stereocenters. The van der Waals surface area contributed by atoms with Crippen LogP contribution in [0.2, 0.25) is 0 Å². The molecule has 0 aromatic heterocycles. The highest BCUT2D eigenvalue weighted by molar-refractivity contribution is 5.83. The Kier molecular flexibility index (Phi) is 13.0. The molecule has 0 radical (unpaired) electrons. The van der Waals surface area contributed by atoms with Gasteiger partial charge in [0.25, 0.3) is 0 Å². The molecule has 0 heterocycles. The number of esters is 2. The summed E-state index contributed by atoms with van der Waals surface area (Å²) in [6.45, 7) is 17.2. The Morgan fingerprint density at radius 3 is 1.94 bits per heavy atom. The highest BCUT2D eigenvalue weighted by atomic mass is 16.6. The van der Waals surface area contributed by atoms with Crippen molar-refractivity contribution in [2.45, 2.75) is 74.5 Å². The molecule has 1 atom stereocenters. The lowest BCUT2D eigenvalue weighted by atomic mass is 9.83. The molecule has 5 nitrogen and oxygen atoms in total. The van der Waals surface area contributed by atoms with E-state index in [1.54, 1.807) is 6.08 Å². The second kappa shape index (κ2) is 14.9. The third-order valence-electron chi connectivity index (χ3n) is 5.86. The first-order chi connectivity index (χ1) is 15.5. The predicted octanol–water partition coefficient (Wildman–Crippen LogP) is 6.21. The van der Waals surface area contributed by atoms with Crippen molar-refractivity contribution in [3.05, 3.63) is 47.5 Å². The summed E-state index contributed by atoms with van der Waals surface area (Å²) in [5, 5.41) is 0. The molecule has 0 fully saturated rings. The average molecular weight is 461 g/mol. The van der Waals surface area contributed by atoms with E-state index in [-0.39, 0.29) is 36.9 Å². The summed E-state index contributed by atoms with van der Waals surface area (Å²) in [5.74, 6) is 0.783. The number of allylic oxidation sites excluding steroid dienone is 1. The van der Waals surface area contributed by atoms with E-state index in [2.05, 4.69) is 55.4 Å². The van der Waals surface area contributed by atoms with Gasteiger partial charge >= 0.3 is 11.9 Å². The zero-order chi connectivity index (χ0) is 25.0. The molecule has 0 aliphatic heterocycles. The summed E-state index contributed by atoms with van der Waals surface area (Å²) in [7, 11) is 0. The van der Waals surface area contributed by atoms with Gasteiger partial charge in [0.1, 0.15) is 6.61 Å². The molecule has 0 bridgehead atoms. The summed E-state index contributed by atoms with van der Waals surface area (Å²) in [6, 6.07) is 9.79. The van der Waals surface area contributed by atoms with Crippen molar-refractivity contribution in [3.63, 3.8) is 0 Å². The molecule has 5 heteroatoms. The highest BCUT2D eigenvalue weighted by Gasteiger charge is 2.24. The van der Waals surface area contributed by atoms with Gasteiger partial charge in [0, 0.05) is 12.5 Å². The Morgan fingerprint density at radius 2 is 1.42 bits per heavy atom. The molecule has 0 aliphatic rings. The first kappa shape index (κ1) is 28.9. The monoisotopic (exact) mass is 460 g/mol. The number of rotatable bonds is 14. The fourth-order valence-electron chi connectivity index (χ4n) is 4.02. The van der Waals surface area contributed by atoms with Crippen molar-refractivity contribution in [1.82, 2.24) is 0 Å². The van der Waals surface area contributed by atoms with Gasteiger partial charge in [0.05, 0.1) is 13.2 Å². The molecular formula is C28H44O5. The SMILES string of the molecule is CC(C)C(=CC(=O)OC[C@H](COCc1ccccc1)OC(=O)CC(C(C)C)C(C)C)C(C)C. The molecule has 33 heavy (non-hydrogen) atoms. The van der Waals surface area contributed by atoms with Crippen LogP contribution in [0.15, 0.2) is 42.0 Å². The normalized spacial score (nSPS) is 12.5. The summed E-state index contributed by atoms with van der Waals surface area (Å²) in [5.41, 5.74) is 2.06. The van der Waals surface area contributed by atoms with Crippen molar-refractivity contribution in [2.24, 2.45) is 29.6 Å². The van der Waals surface area contributed by atoms with E-state index >= 15 is 0 Å². The first-order valence-corrected chi connectivity index (χ1v) is 12.2. The lowest BCUT2D eigenvalue weighted by molar-refractivity contribution is -0.162. The fraction of sp³-hybridized carbons (Fsp3) is 0.643. The summed E-state index contributed by atoms with van der Waals surface area (Å²) < 4.78 is 17.0. The Bertz CT molecular complexity index is 716. The van der Waals surface area contributed by atoms with Crippen LogP contribution in [0, 0.1) is 29.6 Å². The number of hydrogen-bond donors (Lipinski definition) is 0. The second-order valence-electron chi connectivity index (χ2n) is 10.1. The summed E-state index contributed by atoms with van der Waals surface area (Å²) >= 11 is 0. The van der Waals surface area contributed by atoms with Crippen LogP contribution in [0.5, 0.6) is 0 Å². The molecule has 0 aliphatic carbocycles. The van der Waals surface area contributed by atoms with Gasteiger partial charge in [-0.25, -0.2) is 4.79 Å². The Labute approximate surface area is 200 Å². The molecular weight excluding hydrogens is 416 g/mol. The fourth-order valence-corrected chi connectivity index (χ4v) is 4.02. The Hall–Kier alpha value is -2.14. The number of ether oxygens (including phenoxy) is 3. The zero-order valence-electron chi connectivity index (χ0n) is 21.8. The van der Waals surface area contributed by atoms with Crippen LogP contribution in [0.25, 0.3) is 0 Å². The molecule has 0 saturated heterocycles. The molecule has 1 rings (SSSR count). The first-order valence-electron chi connectivity index (χ1n) is 12.2.